The van der Waals surface area contributed by atoms with E-state index in [2.05, 4.69) is 16.9 Å². The smallest absolute Gasteiger partial charge is 0.269 e. The van der Waals surface area contributed by atoms with Crippen LogP contribution in [0.25, 0.3) is 0 Å². The van der Waals surface area contributed by atoms with Gasteiger partial charge in [-0.2, -0.15) is 0 Å². The molecule has 0 aromatic heterocycles. The number of nitro groups is 1. The van der Waals surface area contributed by atoms with E-state index in [9.17, 15) is 18.5 Å². The van der Waals surface area contributed by atoms with Crippen LogP contribution in [0.4, 0.5) is 11.4 Å². The molecule has 3 rings (SSSR count). The highest BCUT2D eigenvalue weighted by Crippen LogP contribution is 2.21. The van der Waals surface area contributed by atoms with E-state index in [1.807, 2.05) is 18.2 Å². The molecule has 3 aromatic rings. The monoisotopic (exact) mass is 412 g/mol. The van der Waals surface area contributed by atoms with Crippen molar-refractivity contribution in [2.24, 2.45) is 0 Å². The first kappa shape index (κ1) is 20.3. The minimum absolute atomic E-state index is 0.0515. The molecule has 8 heteroatoms. The van der Waals surface area contributed by atoms with Crippen LogP contribution in [0.2, 0.25) is 0 Å². The molecule has 0 heterocycles. The molecule has 0 saturated heterocycles. The van der Waals surface area contributed by atoms with Gasteiger partial charge in [-0.15, -0.1) is 0 Å². The minimum atomic E-state index is -3.83. The maximum Gasteiger partial charge on any atom is 0.269 e. The van der Waals surface area contributed by atoms with Gasteiger partial charge in [0.05, 0.1) is 16.4 Å². The Morgan fingerprint density at radius 3 is 2.17 bits per heavy atom. The third kappa shape index (κ3) is 5.79. The van der Waals surface area contributed by atoms with Crippen molar-refractivity contribution >= 4 is 21.4 Å². The molecule has 0 amide bonds. The van der Waals surface area contributed by atoms with Crippen molar-refractivity contribution < 1.29 is 18.1 Å². The lowest BCUT2D eigenvalue weighted by molar-refractivity contribution is -0.384. The molecule has 0 aliphatic heterocycles. The summed E-state index contributed by atoms with van der Waals surface area (Å²) in [5.74, 6) is 0.649. The summed E-state index contributed by atoms with van der Waals surface area (Å²) in [5.41, 5.74) is 1.46. The first-order valence-electron chi connectivity index (χ1n) is 8.98. The van der Waals surface area contributed by atoms with Crippen molar-refractivity contribution in [3.05, 3.63) is 94.5 Å². The highest BCUT2D eigenvalue weighted by Gasteiger charge is 2.16. The van der Waals surface area contributed by atoms with Crippen LogP contribution in [0, 0.1) is 10.1 Å². The summed E-state index contributed by atoms with van der Waals surface area (Å²) >= 11 is 0. The van der Waals surface area contributed by atoms with Gasteiger partial charge >= 0.3 is 0 Å². The van der Waals surface area contributed by atoms with E-state index >= 15 is 0 Å². The lowest BCUT2D eigenvalue weighted by Gasteiger charge is -2.10. The highest BCUT2D eigenvalue weighted by atomic mass is 32.2. The number of sulfonamides is 1. The lowest BCUT2D eigenvalue weighted by Crippen LogP contribution is -2.12. The van der Waals surface area contributed by atoms with E-state index in [1.54, 1.807) is 24.3 Å². The zero-order valence-electron chi connectivity index (χ0n) is 15.5. The van der Waals surface area contributed by atoms with E-state index in [4.69, 9.17) is 4.74 Å². The van der Waals surface area contributed by atoms with Crippen molar-refractivity contribution in [1.82, 2.24) is 0 Å². The molecule has 7 nitrogen and oxygen atoms in total. The Morgan fingerprint density at radius 2 is 1.55 bits per heavy atom. The second-order valence-electron chi connectivity index (χ2n) is 6.32. The van der Waals surface area contributed by atoms with Gasteiger partial charge in [-0.1, -0.05) is 30.3 Å². The maximum atomic E-state index is 12.4. The Morgan fingerprint density at radius 1 is 0.897 bits per heavy atom. The number of hydrogen-bond donors (Lipinski definition) is 1. The fourth-order valence-corrected chi connectivity index (χ4v) is 3.75. The van der Waals surface area contributed by atoms with Crippen LogP contribution < -0.4 is 9.46 Å². The van der Waals surface area contributed by atoms with Gasteiger partial charge in [0.2, 0.25) is 0 Å². The van der Waals surface area contributed by atoms with Gasteiger partial charge in [-0.25, -0.2) is 8.42 Å². The van der Waals surface area contributed by atoms with Crippen LogP contribution in [-0.2, 0) is 16.4 Å². The minimum Gasteiger partial charge on any atom is -0.494 e. The first-order valence-corrected chi connectivity index (χ1v) is 10.5. The van der Waals surface area contributed by atoms with E-state index in [0.29, 0.717) is 18.0 Å². The number of anilines is 1. The van der Waals surface area contributed by atoms with Crippen LogP contribution >= 0.6 is 0 Å². The van der Waals surface area contributed by atoms with Crippen molar-refractivity contribution in [3.8, 4) is 5.75 Å². The van der Waals surface area contributed by atoms with E-state index in [-0.39, 0.29) is 10.6 Å². The molecule has 150 valence electrons. The Labute approximate surface area is 169 Å². The number of rotatable bonds is 9. The predicted molar refractivity (Wildman–Crippen MR) is 111 cm³/mol. The van der Waals surface area contributed by atoms with Gasteiger partial charge in [0.25, 0.3) is 15.7 Å². The van der Waals surface area contributed by atoms with E-state index in [1.165, 1.54) is 17.7 Å². The number of ether oxygens (including phenoxy) is 1. The normalized spacial score (nSPS) is 11.0. The molecule has 0 bridgehead atoms. The second kappa shape index (κ2) is 9.20. The fraction of sp³-hybridized carbons (Fsp3) is 0.143. The molecule has 0 spiro atoms. The molecule has 0 fully saturated rings. The van der Waals surface area contributed by atoms with Gasteiger partial charge in [0.15, 0.2) is 0 Å². The van der Waals surface area contributed by atoms with E-state index < -0.39 is 14.9 Å². The van der Waals surface area contributed by atoms with Crippen LogP contribution in [0.3, 0.4) is 0 Å². The largest absolute Gasteiger partial charge is 0.494 e. The number of nitro benzene ring substituents is 1. The van der Waals surface area contributed by atoms with Gasteiger partial charge in [0, 0.05) is 17.8 Å². The third-order valence-corrected chi connectivity index (χ3v) is 5.58. The van der Waals surface area contributed by atoms with Crippen molar-refractivity contribution in [1.29, 1.82) is 0 Å². The van der Waals surface area contributed by atoms with Crippen LogP contribution in [0.5, 0.6) is 5.75 Å². The molecule has 3 aromatic carbocycles. The van der Waals surface area contributed by atoms with E-state index in [0.717, 1.165) is 25.0 Å². The lowest BCUT2D eigenvalue weighted by atomic mass is 10.1. The van der Waals surface area contributed by atoms with Gasteiger partial charge in [-0.05, 0) is 54.8 Å². The average molecular weight is 412 g/mol. The Balaban J connectivity index is 1.53. The molecule has 29 heavy (non-hydrogen) atoms. The summed E-state index contributed by atoms with van der Waals surface area (Å²) in [4.78, 5) is 10.0. The number of nitrogens with zero attached hydrogens (tertiary/aromatic N) is 1. The van der Waals surface area contributed by atoms with Crippen LogP contribution in [-0.4, -0.2) is 19.9 Å². The van der Waals surface area contributed by atoms with Crippen molar-refractivity contribution in [2.75, 3.05) is 11.3 Å². The Kier molecular flexibility index (Phi) is 6.46. The second-order valence-corrected chi connectivity index (χ2v) is 8.00. The summed E-state index contributed by atoms with van der Waals surface area (Å²) in [6.45, 7) is 0.558. The maximum absolute atomic E-state index is 12.4. The molecular weight excluding hydrogens is 392 g/mol. The summed E-state index contributed by atoms with van der Waals surface area (Å²) in [7, 11) is -3.83. The summed E-state index contributed by atoms with van der Waals surface area (Å²) < 4.78 is 32.9. The molecule has 1 N–H and O–H groups in total. The van der Waals surface area contributed by atoms with Gasteiger partial charge in [0.1, 0.15) is 5.75 Å². The van der Waals surface area contributed by atoms with Crippen molar-refractivity contribution in [2.45, 2.75) is 17.7 Å². The van der Waals surface area contributed by atoms with Crippen molar-refractivity contribution in [3.63, 3.8) is 0 Å². The average Bonchev–Trinajstić information content (AvgIpc) is 2.73. The molecule has 0 aliphatic carbocycles. The number of hydrogen-bond acceptors (Lipinski definition) is 5. The first-order chi connectivity index (χ1) is 13.9. The summed E-state index contributed by atoms with van der Waals surface area (Å²) in [5, 5.41) is 10.7. The fourth-order valence-electron chi connectivity index (χ4n) is 2.69. The molecule has 0 radical (unpaired) electrons. The molecule has 0 atom stereocenters. The highest BCUT2D eigenvalue weighted by molar-refractivity contribution is 7.92. The number of non-ortho nitro benzene ring substituents is 1. The standard InChI is InChI=1S/C21H20N2O5S/c24-23(25)19-10-14-21(15-11-19)29(26,27)22-18-8-12-20(13-9-18)28-16-4-7-17-5-2-1-3-6-17/h1-3,5-6,8-15,22H,4,7,16H2. The van der Waals surface area contributed by atoms with Gasteiger partial charge < -0.3 is 4.74 Å². The van der Waals surface area contributed by atoms with Crippen LogP contribution in [0.15, 0.2) is 83.8 Å². The van der Waals surface area contributed by atoms with Gasteiger partial charge in [-0.3, -0.25) is 14.8 Å². The molecule has 0 aliphatic rings. The number of nitrogens with one attached hydrogen (secondary N) is 1. The molecule has 0 unspecified atom stereocenters. The predicted octanol–water partition coefficient (Wildman–Crippen LogP) is 4.41. The number of benzene rings is 3. The Hall–Kier alpha value is -3.39. The number of aryl methyl sites for hydroxylation is 1. The summed E-state index contributed by atoms with van der Waals surface area (Å²) in [6.07, 6.45) is 1.80. The zero-order chi connectivity index (χ0) is 20.7. The third-order valence-electron chi connectivity index (χ3n) is 4.19. The molecule has 0 saturated carbocycles. The Bertz CT molecular complexity index is 1050. The van der Waals surface area contributed by atoms with Crippen LogP contribution in [0.1, 0.15) is 12.0 Å². The topological polar surface area (TPSA) is 98.5 Å². The SMILES string of the molecule is O=[N+]([O-])c1ccc(S(=O)(=O)Nc2ccc(OCCCc3ccccc3)cc2)cc1. The summed E-state index contributed by atoms with van der Waals surface area (Å²) in [6, 6.07) is 21.4. The quantitative estimate of drug-likeness (QED) is 0.319. The molecular formula is C21H20N2O5S. The zero-order valence-corrected chi connectivity index (χ0v) is 16.3.